The van der Waals surface area contributed by atoms with Crippen LogP contribution < -0.4 is 21.3 Å². The van der Waals surface area contributed by atoms with Gasteiger partial charge in [-0.05, 0) is 48.9 Å². The number of hydrogen-bond acceptors (Lipinski definition) is 7. The van der Waals surface area contributed by atoms with Crippen LogP contribution in [-0.4, -0.2) is 53.7 Å². The third-order valence-corrected chi connectivity index (χ3v) is 6.57. The monoisotopic (exact) mass is 618 g/mol. The number of carboxylic acid groups (broad SMARTS) is 1. The van der Waals surface area contributed by atoms with E-state index in [0.29, 0.717) is 18.5 Å². The summed E-state index contributed by atoms with van der Waals surface area (Å²) in [5.41, 5.74) is 2.14. The highest BCUT2D eigenvalue weighted by Crippen LogP contribution is 2.10. The number of nitrogens with one attached hydrogen (secondary N) is 4. The molecule has 0 fully saturated rings. The molecule has 12 nitrogen and oxygen atoms in total. The minimum Gasteiger partial charge on any atom is -0.480 e. The van der Waals surface area contributed by atoms with Gasteiger partial charge in [0.1, 0.15) is 25.3 Å². The standard InChI is InChI=1S/C33H38N4O8/c38-29(20-19-28(31(40)41)37-33(43)45-23-25-14-6-2-7-15-25)34-21-11-10-18-27(30(39)35-26-16-8-3-9-17-26)36-32(42)44-22-24-12-4-1-5-13-24/h1-9,12-17,27-28H,10-11,18-23H2,(H,34,38)(H,35,39)(H,36,42)(H,37,43)(H,40,41). The smallest absolute Gasteiger partial charge is 0.408 e. The van der Waals surface area contributed by atoms with Crippen LogP contribution in [0, 0.1) is 0 Å². The van der Waals surface area contributed by atoms with Gasteiger partial charge in [-0.25, -0.2) is 14.4 Å². The molecule has 3 aromatic rings. The van der Waals surface area contributed by atoms with Crippen LogP contribution in [-0.2, 0) is 37.1 Å². The Balaban J connectivity index is 1.39. The van der Waals surface area contributed by atoms with E-state index in [2.05, 4.69) is 21.3 Å². The van der Waals surface area contributed by atoms with Crippen LogP contribution >= 0.6 is 0 Å². The number of aliphatic carboxylic acids is 1. The molecule has 0 radical (unpaired) electrons. The Kier molecular flexibility index (Phi) is 14.4. The number of anilines is 1. The molecule has 0 saturated heterocycles. The molecule has 2 atom stereocenters. The second-order valence-corrected chi connectivity index (χ2v) is 10.1. The Morgan fingerprint density at radius 3 is 1.69 bits per heavy atom. The molecule has 0 heterocycles. The summed E-state index contributed by atoms with van der Waals surface area (Å²) in [4.78, 5) is 61.3. The highest BCUT2D eigenvalue weighted by atomic mass is 16.6. The zero-order valence-electron chi connectivity index (χ0n) is 24.8. The fraction of sp³-hybridized carbons (Fsp3) is 0.303. The Morgan fingerprint density at radius 1 is 0.644 bits per heavy atom. The first-order valence-electron chi connectivity index (χ1n) is 14.6. The predicted molar refractivity (Wildman–Crippen MR) is 166 cm³/mol. The molecule has 5 N–H and O–H groups in total. The molecule has 12 heteroatoms. The summed E-state index contributed by atoms with van der Waals surface area (Å²) in [6, 6.07) is 24.8. The van der Waals surface area contributed by atoms with Crippen molar-refractivity contribution in [3.63, 3.8) is 0 Å². The maximum Gasteiger partial charge on any atom is 0.408 e. The van der Waals surface area contributed by atoms with E-state index in [0.717, 1.165) is 11.1 Å². The number of carbonyl (C=O) groups is 5. The topological polar surface area (TPSA) is 172 Å². The van der Waals surface area contributed by atoms with Gasteiger partial charge < -0.3 is 35.8 Å². The minimum absolute atomic E-state index is 0.0152. The Morgan fingerprint density at radius 2 is 1.16 bits per heavy atom. The molecular formula is C33H38N4O8. The first-order chi connectivity index (χ1) is 21.8. The summed E-state index contributed by atoms with van der Waals surface area (Å²) in [6.07, 6.45) is -0.621. The van der Waals surface area contributed by atoms with E-state index in [1.807, 2.05) is 42.5 Å². The van der Waals surface area contributed by atoms with Gasteiger partial charge in [0.25, 0.3) is 0 Å². The van der Waals surface area contributed by atoms with E-state index in [9.17, 15) is 29.1 Å². The molecule has 0 aliphatic heterocycles. The molecule has 238 valence electrons. The summed E-state index contributed by atoms with van der Waals surface area (Å²) >= 11 is 0. The van der Waals surface area contributed by atoms with Gasteiger partial charge in [0, 0.05) is 18.7 Å². The molecule has 0 saturated carbocycles. The molecule has 0 aromatic heterocycles. The molecule has 3 rings (SSSR count). The summed E-state index contributed by atoms with van der Waals surface area (Å²) in [5.74, 6) is -2.08. The number of benzene rings is 3. The Labute approximate surface area is 261 Å². The molecule has 0 aliphatic carbocycles. The largest absolute Gasteiger partial charge is 0.480 e. The van der Waals surface area contributed by atoms with Crippen molar-refractivity contribution in [1.29, 1.82) is 0 Å². The van der Waals surface area contributed by atoms with Crippen molar-refractivity contribution in [3.8, 4) is 0 Å². The number of amides is 4. The van der Waals surface area contributed by atoms with E-state index >= 15 is 0 Å². The number of unbranched alkanes of at least 4 members (excludes halogenated alkanes) is 1. The first kappa shape index (κ1) is 34.1. The van der Waals surface area contributed by atoms with Crippen LogP contribution in [0.2, 0.25) is 0 Å². The number of ether oxygens (including phenoxy) is 2. The maximum absolute atomic E-state index is 13.0. The average Bonchev–Trinajstić information content (AvgIpc) is 3.05. The van der Waals surface area contributed by atoms with Gasteiger partial charge in [0.15, 0.2) is 0 Å². The quantitative estimate of drug-likeness (QED) is 0.139. The lowest BCUT2D eigenvalue weighted by Gasteiger charge is -2.18. The van der Waals surface area contributed by atoms with Crippen molar-refractivity contribution in [1.82, 2.24) is 16.0 Å². The third-order valence-electron chi connectivity index (χ3n) is 6.57. The van der Waals surface area contributed by atoms with E-state index in [1.54, 1.807) is 48.5 Å². The summed E-state index contributed by atoms with van der Waals surface area (Å²) in [7, 11) is 0. The van der Waals surface area contributed by atoms with E-state index in [4.69, 9.17) is 9.47 Å². The van der Waals surface area contributed by atoms with Crippen LogP contribution in [0.5, 0.6) is 0 Å². The molecule has 3 aromatic carbocycles. The van der Waals surface area contributed by atoms with Gasteiger partial charge in [-0.3, -0.25) is 9.59 Å². The lowest BCUT2D eigenvalue weighted by Crippen LogP contribution is -2.44. The fourth-order valence-electron chi connectivity index (χ4n) is 4.16. The zero-order valence-corrected chi connectivity index (χ0v) is 24.8. The van der Waals surface area contributed by atoms with E-state index in [-0.39, 0.29) is 44.9 Å². The summed E-state index contributed by atoms with van der Waals surface area (Å²) < 4.78 is 10.3. The molecule has 0 aliphatic rings. The number of carbonyl (C=O) groups excluding carboxylic acids is 4. The number of rotatable bonds is 17. The second-order valence-electron chi connectivity index (χ2n) is 10.1. The molecule has 0 bridgehead atoms. The third kappa shape index (κ3) is 13.6. The molecule has 2 unspecified atom stereocenters. The molecular weight excluding hydrogens is 580 g/mol. The van der Waals surface area contributed by atoms with E-state index < -0.39 is 36.1 Å². The van der Waals surface area contributed by atoms with Crippen molar-refractivity contribution in [2.75, 3.05) is 11.9 Å². The van der Waals surface area contributed by atoms with Crippen molar-refractivity contribution in [2.24, 2.45) is 0 Å². The van der Waals surface area contributed by atoms with Crippen LogP contribution in [0.3, 0.4) is 0 Å². The lowest BCUT2D eigenvalue weighted by atomic mass is 10.1. The predicted octanol–water partition coefficient (Wildman–Crippen LogP) is 4.37. The molecule has 4 amide bonds. The minimum atomic E-state index is -1.30. The van der Waals surface area contributed by atoms with Crippen LogP contribution in [0.25, 0.3) is 0 Å². The first-order valence-corrected chi connectivity index (χ1v) is 14.6. The van der Waals surface area contributed by atoms with Crippen molar-refractivity contribution in [3.05, 3.63) is 102 Å². The Bertz CT molecular complexity index is 1370. The van der Waals surface area contributed by atoms with Crippen LogP contribution in [0.4, 0.5) is 15.3 Å². The zero-order chi connectivity index (χ0) is 32.3. The number of hydrogen-bond donors (Lipinski definition) is 5. The van der Waals surface area contributed by atoms with Gasteiger partial charge in [-0.2, -0.15) is 0 Å². The highest BCUT2D eigenvalue weighted by molar-refractivity contribution is 5.96. The number of carboxylic acids is 1. The van der Waals surface area contributed by atoms with Crippen molar-refractivity contribution in [2.45, 2.75) is 57.4 Å². The molecule has 0 spiro atoms. The maximum atomic E-state index is 13.0. The van der Waals surface area contributed by atoms with Gasteiger partial charge in [-0.15, -0.1) is 0 Å². The van der Waals surface area contributed by atoms with Gasteiger partial charge in [0.05, 0.1) is 0 Å². The van der Waals surface area contributed by atoms with Crippen molar-refractivity contribution < 1.29 is 38.6 Å². The SMILES string of the molecule is O=C(CCC(NC(=O)OCc1ccccc1)C(=O)O)NCCCCC(NC(=O)OCc1ccccc1)C(=O)Nc1ccccc1. The second kappa shape index (κ2) is 19.0. The summed E-state index contributed by atoms with van der Waals surface area (Å²) in [5, 5.41) is 19.8. The normalized spacial score (nSPS) is 11.7. The highest BCUT2D eigenvalue weighted by Gasteiger charge is 2.23. The van der Waals surface area contributed by atoms with Gasteiger partial charge in [0.2, 0.25) is 11.8 Å². The number of para-hydroxylation sites is 1. The lowest BCUT2D eigenvalue weighted by molar-refractivity contribution is -0.139. The van der Waals surface area contributed by atoms with Gasteiger partial charge >= 0.3 is 18.2 Å². The Hall–Kier alpha value is -5.39. The fourth-order valence-corrected chi connectivity index (χ4v) is 4.16. The molecule has 45 heavy (non-hydrogen) atoms. The average molecular weight is 619 g/mol. The van der Waals surface area contributed by atoms with Crippen LogP contribution in [0.15, 0.2) is 91.0 Å². The van der Waals surface area contributed by atoms with Crippen molar-refractivity contribution >= 4 is 35.7 Å². The van der Waals surface area contributed by atoms with E-state index in [1.165, 1.54) is 0 Å². The number of alkyl carbamates (subject to hydrolysis) is 2. The van der Waals surface area contributed by atoms with Gasteiger partial charge in [-0.1, -0.05) is 78.9 Å². The van der Waals surface area contributed by atoms with Crippen LogP contribution in [0.1, 0.15) is 43.2 Å². The summed E-state index contributed by atoms with van der Waals surface area (Å²) in [6.45, 7) is 0.312.